The number of anilines is 1. The first-order chi connectivity index (χ1) is 16.7. The lowest BCUT2D eigenvalue weighted by Crippen LogP contribution is -2.30. The van der Waals surface area contributed by atoms with E-state index >= 15 is 0 Å². The van der Waals surface area contributed by atoms with Gasteiger partial charge in [0.25, 0.3) is 11.7 Å². The standard InChI is InChI=1S/C29H28ClNO4/c1-17(2)16-35-24-14-13-21(15-18(24)3)27(32)25-26(20-9-6-5-7-10-20)31(29(34)28(25)33)23-12-8-11-22(30)19(23)4/h5-15,17,26,32H,16H2,1-4H3/b27-25+. The third-order valence-corrected chi connectivity index (χ3v) is 6.49. The van der Waals surface area contributed by atoms with Crippen molar-refractivity contribution in [3.8, 4) is 5.75 Å². The van der Waals surface area contributed by atoms with E-state index in [1.807, 2.05) is 37.3 Å². The molecule has 0 aliphatic carbocycles. The molecule has 3 aromatic carbocycles. The summed E-state index contributed by atoms with van der Waals surface area (Å²) in [6.45, 7) is 8.40. The zero-order chi connectivity index (χ0) is 25.3. The Hall–Kier alpha value is -3.57. The molecule has 3 aromatic rings. The van der Waals surface area contributed by atoms with Crippen LogP contribution in [-0.4, -0.2) is 23.4 Å². The Labute approximate surface area is 210 Å². The summed E-state index contributed by atoms with van der Waals surface area (Å²) in [5, 5.41) is 11.9. The van der Waals surface area contributed by atoms with E-state index in [-0.39, 0.29) is 11.3 Å². The molecule has 0 radical (unpaired) electrons. The van der Waals surface area contributed by atoms with Gasteiger partial charge in [-0.25, -0.2) is 0 Å². The third-order valence-electron chi connectivity index (χ3n) is 6.08. The normalized spacial score (nSPS) is 17.3. The number of ketones is 1. The fourth-order valence-electron chi connectivity index (χ4n) is 4.26. The number of Topliss-reactive ketones (excluding diaryl/α,β-unsaturated/α-hetero) is 1. The van der Waals surface area contributed by atoms with Crippen LogP contribution in [0.3, 0.4) is 0 Å². The largest absolute Gasteiger partial charge is 0.507 e. The van der Waals surface area contributed by atoms with E-state index in [9.17, 15) is 14.7 Å². The number of aliphatic hydroxyl groups is 1. The zero-order valence-corrected chi connectivity index (χ0v) is 21.0. The smallest absolute Gasteiger partial charge is 0.300 e. The molecular formula is C29H28ClNO4. The van der Waals surface area contributed by atoms with Crippen LogP contribution in [0.15, 0.2) is 72.3 Å². The quantitative estimate of drug-likeness (QED) is 0.240. The van der Waals surface area contributed by atoms with Gasteiger partial charge in [-0.2, -0.15) is 0 Å². The first-order valence-electron chi connectivity index (χ1n) is 11.6. The van der Waals surface area contributed by atoms with E-state index in [1.165, 1.54) is 4.90 Å². The number of rotatable bonds is 6. The fourth-order valence-corrected chi connectivity index (χ4v) is 4.43. The van der Waals surface area contributed by atoms with Gasteiger partial charge in [0.15, 0.2) is 0 Å². The van der Waals surface area contributed by atoms with Crippen LogP contribution in [0.25, 0.3) is 5.76 Å². The number of carbonyl (C=O) groups is 2. The summed E-state index contributed by atoms with van der Waals surface area (Å²) in [7, 11) is 0. The molecule has 0 saturated carbocycles. The summed E-state index contributed by atoms with van der Waals surface area (Å²) < 4.78 is 5.85. The molecule has 1 unspecified atom stereocenters. The SMILES string of the molecule is Cc1cc(/C(O)=C2\C(=O)C(=O)N(c3cccc(Cl)c3C)C2c2ccccc2)ccc1OCC(C)C. The molecule has 0 bridgehead atoms. The average Bonchev–Trinajstić information content (AvgIpc) is 3.10. The van der Waals surface area contributed by atoms with E-state index < -0.39 is 17.7 Å². The maximum atomic E-state index is 13.3. The van der Waals surface area contributed by atoms with Crippen molar-refractivity contribution in [1.82, 2.24) is 0 Å². The number of carbonyl (C=O) groups excluding carboxylic acids is 2. The second-order valence-electron chi connectivity index (χ2n) is 9.15. The van der Waals surface area contributed by atoms with Crippen molar-refractivity contribution < 1.29 is 19.4 Å². The molecule has 5 nitrogen and oxygen atoms in total. The monoisotopic (exact) mass is 489 g/mol. The molecule has 6 heteroatoms. The Balaban J connectivity index is 1.87. The molecule has 4 rings (SSSR count). The van der Waals surface area contributed by atoms with Crippen molar-refractivity contribution in [1.29, 1.82) is 0 Å². The van der Waals surface area contributed by atoms with Gasteiger partial charge in [-0.05, 0) is 66.8 Å². The van der Waals surface area contributed by atoms with Crippen LogP contribution in [0.5, 0.6) is 5.75 Å². The van der Waals surface area contributed by atoms with Crippen LogP contribution in [0.1, 0.15) is 42.1 Å². The summed E-state index contributed by atoms with van der Waals surface area (Å²) in [4.78, 5) is 28.1. The minimum Gasteiger partial charge on any atom is -0.507 e. The van der Waals surface area contributed by atoms with Gasteiger partial charge in [0.1, 0.15) is 11.5 Å². The van der Waals surface area contributed by atoms with Gasteiger partial charge in [-0.15, -0.1) is 0 Å². The Bertz CT molecular complexity index is 1310. The van der Waals surface area contributed by atoms with Crippen molar-refractivity contribution in [2.45, 2.75) is 33.7 Å². The second kappa shape index (κ2) is 9.96. The highest BCUT2D eigenvalue weighted by molar-refractivity contribution is 6.52. The molecule has 1 saturated heterocycles. The Morgan fingerprint density at radius 1 is 1.03 bits per heavy atom. The second-order valence-corrected chi connectivity index (χ2v) is 9.56. The van der Waals surface area contributed by atoms with Gasteiger partial charge in [0.2, 0.25) is 0 Å². The first kappa shape index (κ1) is 24.6. The number of aliphatic hydroxyl groups excluding tert-OH is 1. The van der Waals surface area contributed by atoms with Gasteiger partial charge < -0.3 is 9.84 Å². The molecule has 1 heterocycles. The molecule has 1 aliphatic heterocycles. The lowest BCUT2D eigenvalue weighted by Gasteiger charge is -2.27. The van der Waals surface area contributed by atoms with Crippen LogP contribution < -0.4 is 9.64 Å². The Morgan fingerprint density at radius 3 is 2.40 bits per heavy atom. The number of aryl methyl sites for hydroxylation is 1. The van der Waals surface area contributed by atoms with E-state index in [2.05, 4.69) is 13.8 Å². The van der Waals surface area contributed by atoms with Crippen LogP contribution in [0.4, 0.5) is 5.69 Å². The number of hydrogen-bond acceptors (Lipinski definition) is 4. The Morgan fingerprint density at radius 2 is 1.74 bits per heavy atom. The zero-order valence-electron chi connectivity index (χ0n) is 20.2. The van der Waals surface area contributed by atoms with Crippen molar-refractivity contribution in [2.24, 2.45) is 5.92 Å². The van der Waals surface area contributed by atoms with Gasteiger partial charge >= 0.3 is 0 Å². The van der Waals surface area contributed by atoms with Gasteiger partial charge in [-0.3, -0.25) is 14.5 Å². The van der Waals surface area contributed by atoms with Crippen LogP contribution in [0.2, 0.25) is 5.02 Å². The molecule has 1 aliphatic rings. The fraction of sp³-hybridized carbons (Fsp3) is 0.241. The highest BCUT2D eigenvalue weighted by atomic mass is 35.5. The minimum absolute atomic E-state index is 0.0378. The molecule has 180 valence electrons. The molecular weight excluding hydrogens is 462 g/mol. The third kappa shape index (κ3) is 4.69. The highest BCUT2D eigenvalue weighted by Crippen LogP contribution is 2.44. The molecule has 1 amide bonds. The number of nitrogens with zero attached hydrogens (tertiary/aromatic N) is 1. The molecule has 1 N–H and O–H groups in total. The van der Waals surface area contributed by atoms with E-state index in [0.717, 1.165) is 5.56 Å². The molecule has 35 heavy (non-hydrogen) atoms. The summed E-state index contributed by atoms with van der Waals surface area (Å²) in [6.07, 6.45) is 0. The number of benzene rings is 3. The first-order valence-corrected chi connectivity index (χ1v) is 11.9. The van der Waals surface area contributed by atoms with Gasteiger partial charge in [-0.1, -0.05) is 61.8 Å². The summed E-state index contributed by atoms with van der Waals surface area (Å²) >= 11 is 6.35. The number of ether oxygens (including phenoxy) is 1. The van der Waals surface area contributed by atoms with Crippen molar-refractivity contribution in [2.75, 3.05) is 11.5 Å². The lowest BCUT2D eigenvalue weighted by atomic mass is 9.94. The maximum absolute atomic E-state index is 13.3. The number of halogens is 1. The van der Waals surface area contributed by atoms with Crippen LogP contribution in [0, 0.1) is 19.8 Å². The summed E-state index contributed by atoms with van der Waals surface area (Å²) in [6, 6.07) is 18.9. The van der Waals surface area contributed by atoms with Crippen LogP contribution >= 0.6 is 11.6 Å². The van der Waals surface area contributed by atoms with Crippen molar-refractivity contribution in [3.05, 3.63) is 99.6 Å². The highest BCUT2D eigenvalue weighted by Gasteiger charge is 2.47. The van der Waals surface area contributed by atoms with E-state index in [4.69, 9.17) is 16.3 Å². The predicted octanol–water partition coefficient (Wildman–Crippen LogP) is 6.62. The van der Waals surface area contributed by atoms with Crippen molar-refractivity contribution >= 4 is 34.7 Å². The summed E-state index contributed by atoms with van der Waals surface area (Å²) in [5.41, 5.74) is 3.23. The van der Waals surface area contributed by atoms with Crippen LogP contribution in [-0.2, 0) is 9.59 Å². The molecule has 1 atom stereocenters. The topological polar surface area (TPSA) is 66.8 Å². The summed E-state index contributed by atoms with van der Waals surface area (Å²) in [5.74, 6) is -0.588. The molecule has 1 fully saturated rings. The van der Waals surface area contributed by atoms with E-state index in [1.54, 1.807) is 43.3 Å². The van der Waals surface area contributed by atoms with E-state index in [0.29, 0.717) is 45.7 Å². The average molecular weight is 490 g/mol. The van der Waals surface area contributed by atoms with Gasteiger partial charge in [0, 0.05) is 16.3 Å². The number of amides is 1. The maximum Gasteiger partial charge on any atom is 0.300 e. The minimum atomic E-state index is -0.800. The number of hydrogen-bond donors (Lipinski definition) is 1. The van der Waals surface area contributed by atoms with Crippen molar-refractivity contribution in [3.63, 3.8) is 0 Å². The lowest BCUT2D eigenvalue weighted by molar-refractivity contribution is -0.132. The molecule has 0 aromatic heterocycles. The molecule has 0 spiro atoms. The van der Waals surface area contributed by atoms with Gasteiger partial charge in [0.05, 0.1) is 18.2 Å². The predicted molar refractivity (Wildman–Crippen MR) is 139 cm³/mol. The Kier molecular flexibility index (Phi) is 6.99.